The second-order valence-corrected chi connectivity index (χ2v) is 5.80. The van der Waals surface area contributed by atoms with E-state index in [1.165, 1.54) is 25.7 Å². The molecule has 3 unspecified atom stereocenters. The van der Waals surface area contributed by atoms with Gasteiger partial charge in [0.1, 0.15) is 0 Å². The molecule has 2 aliphatic carbocycles. The summed E-state index contributed by atoms with van der Waals surface area (Å²) in [4.78, 5) is 4.49. The average molecular weight is 227 g/mol. The molecule has 2 saturated carbocycles. The Hall–Kier alpha value is -0.120. The zero-order valence-corrected chi connectivity index (χ0v) is 11.7. The van der Waals surface area contributed by atoms with Gasteiger partial charge in [-0.05, 0) is 66.3 Å². The first-order chi connectivity index (χ1) is 7.54. The molecule has 0 aromatic carbocycles. The van der Waals surface area contributed by atoms with Gasteiger partial charge < -0.3 is 10.2 Å². The van der Waals surface area contributed by atoms with Gasteiger partial charge in [0, 0.05) is 12.7 Å². The average Bonchev–Trinajstić information content (AvgIpc) is 2.78. The van der Waals surface area contributed by atoms with Gasteiger partial charge in [-0.15, -0.1) is 0 Å². The largest absolute Gasteiger partial charge is 0.307 e. The van der Waals surface area contributed by atoms with Crippen LogP contribution < -0.4 is 5.32 Å². The van der Waals surface area contributed by atoms with Crippen molar-refractivity contribution >= 4 is 0 Å². The molecule has 96 valence electrons. The van der Waals surface area contributed by atoms with E-state index < -0.39 is 0 Å². The number of hydrogen-bond donors (Lipinski definition) is 1. The molecule has 1 N–H and O–H groups in total. The molecule has 2 bridgehead atoms. The standard InChI is InChI=1S/C9H17N.C4H12N2/c1-10(2)9-6-7-3-4-8(9)5-7;1-5-4-6(2)3/h7-9H,3-6H2,1-2H3;5H,4H2,1-3H3. The Morgan fingerprint density at radius 2 is 1.75 bits per heavy atom. The fourth-order valence-corrected chi connectivity index (χ4v) is 3.16. The fraction of sp³-hybridized carbons (Fsp3) is 1.00. The summed E-state index contributed by atoms with van der Waals surface area (Å²) in [7, 11) is 10.4. The molecule has 0 heterocycles. The van der Waals surface area contributed by atoms with Crippen LogP contribution in [0.5, 0.6) is 0 Å². The maximum absolute atomic E-state index is 2.99. The van der Waals surface area contributed by atoms with Gasteiger partial charge in [-0.1, -0.05) is 6.42 Å². The number of hydrogen-bond acceptors (Lipinski definition) is 3. The Labute approximate surface area is 101 Å². The highest BCUT2D eigenvalue weighted by molar-refractivity contribution is 4.93. The van der Waals surface area contributed by atoms with Gasteiger partial charge >= 0.3 is 0 Å². The van der Waals surface area contributed by atoms with Crippen LogP contribution in [0.1, 0.15) is 25.7 Å². The molecule has 0 aromatic heterocycles. The molecule has 0 saturated heterocycles. The van der Waals surface area contributed by atoms with E-state index in [1.807, 2.05) is 21.1 Å². The molecular formula is C13H29N3. The first-order valence-corrected chi connectivity index (χ1v) is 6.50. The molecule has 0 amide bonds. The highest BCUT2D eigenvalue weighted by Crippen LogP contribution is 2.45. The minimum atomic E-state index is 0.929. The summed E-state index contributed by atoms with van der Waals surface area (Å²) in [6.45, 7) is 0.958. The molecule has 2 aliphatic rings. The van der Waals surface area contributed by atoms with E-state index >= 15 is 0 Å². The first-order valence-electron chi connectivity index (χ1n) is 6.50. The van der Waals surface area contributed by atoms with Crippen LogP contribution in [0.2, 0.25) is 0 Å². The molecule has 3 heteroatoms. The first kappa shape index (κ1) is 13.9. The maximum atomic E-state index is 2.99. The SMILES string of the molecule is CN(C)C1CC2CCC1C2.CNCN(C)C. The van der Waals surface area contributed by atoms with E-state index in [1.54, 1.807) is 0 Å². The van der Waals surface area contributed by atoms with Crippen molar-refractivity contribution in [1.29, 1.82) is 0 Å². The van der Waals surface area contributed by atoms with Gasteiger partial charge in [0.2, 0.25) is 0 Å². The fourth-order valence-electron chi connectivity index (χ4n) is 3.16. The van der Waals surface area contributed by atoms with E-state index in [2.05, 4.69) is 29.2 Å². The lowest BCUT2D eigenvalue weighted by Gasteiger charge is -2.27. The van der Waals surface area contributed by atoms with E-state index in [0.29, 0.717) is 0 Å². The second kappa shape index (κ2) is 6.58. The molecular weight excluding hydrogens is 198 g/mol. The zero-order chi connectivity index (χ0) is 12.1. The molecule has 2 rings (SSSR count). The van der Waals surface area contributed by atoms with Crippen LogP contribution in [0.3, 0.4) is 0 Å². The normalized spacial score (nSPS) is 32.1. The van der Waals surface area contributed by atoms with Crippen molar-refractivity contribution in [2.45, 2.75) is 31.7 Å². The Morgan fingerprint density at radius 1 is 1.06 bits per heavy atom. The molecule has 3 atom stereocenters. The van der Waals surface area contributed by atoms with Crippen molar-refractivity contribution in [3.63, 3.8) is 0 Å². The molecule has 0 radical (unpaired) electrons. The van der Waals surface area contributed by atoms with Gasteiger partial charge in [0.15, 0.2) is 0 Å². The lowest BCUT2D eigenvalue weighted by molar-refractivity contribution is 0.211. The predicted octanol–water partition coefficient (Wildman–Crippen LogP) is 1.46. The molecule has 0 aromatic rings. The quantitative estimate of drug-likeness (QED) is 0.737. The van der Waals surface area contributed by atoms with Gasteiger partial charge in [-0.3, -0.25) is 4.90 Å². The van der Waals surface area contributed by atoms with Crippen LogP contribution in [0.15, 0.2) is 0 Å². The second-order valence-electron chi connectivity index (χ2n) is 5.80. The zero-order valence-electron chi connectivity index (χ0n) is 11.7. The smallest absolute Gasteiger partial charge is 0.0472 e. The Balaban J connectivity index is 0.000000187. The topological polar surface area (TPSA) is 18.5 Å². The summed E-state index contributed by atoms with van der Waals surface area (Å²) in [6.07, 6.45) is 6.04. The van der Waals surface area contributed by atoms with Crippen molar-refractivity contribution in [2.24, 2.45) is 11.8 Å². The van der Waals surface area contributed by atoms with Crippen molar-refractivity contribution in [1.82, 2.24) is 15.1 Å². The van der Waals surface area contributed by atoms with Crippen molar-refractivity contribution < 1.29 is 0 Å². The summed E-state index contributed by atoms with van der Waals surface area (Å²) in [5, 5.41) is 2.99. The molecule has 16 heavy (non-hydrogen) atoms. The van der Waals surface area contributed by atoms with Crippen LogP contribution in [-0.4, -0.2) is 57.7 Å². The lowest BCUT2D eigenvalue weighted by Crippen LogP contribution is -2.32. The Morgan fingerprint density at radius 3 is 1.94 bits per heavy atom. The molecule has 0 aliphatic heterocycles. The number of rotatable bonds is 3. The van der Waals surface area contributed by atoms with Crippen LogP contribution in [-0.2, 0) is 0 Å². The summed E-state index contributed by atoms with van der Waals surface area (Å²) in [5.74, 6) is 2.15. The summed E-state index contributed by atoms with van der Waals surface area (Å²) in [6, 6.07) is 0.929. The van der Waals surface area contributed by atoms with Gasteiger partial charge in [0.05, 0.1) is 0 Å². The van der Waals surface area contributed by atoms with E-state index in [4.69, 9.17) is 0 Å². The highest BCUT2D eigenvalue weighted by Gasteiger charge is 2.40. The van der Waals surface area contributed by atoms with Crippen LogP contribution in [0, 0.1) is 11.8 Å². The van der Waals surface area contributed by atoms with Crippen molar-refractivity contribution in [2.75, 3.05) is 41.9 Å². The third-order valence-electron chi connectivity index (χ3n) is 3.84. The summed E-state index contributed by atoms with van der Waals surface area (Å²) < 4.78 is 0. The van der Waals surface area contributed by atoms with Crippen molar-refractivity contribution in [3.05, 3.63) is 0 Å². The minimum Gasteiger partial charge on any atom is -0.307 e. The molecule has 2 fully saturated rings. The Kier molecular flexibility index (Phi) is 5.73. The third kappa shape index (κ3) is 4.04. The van der Waals surface area contributed by atoms with Crippen LogP contribution in [0.25, 0.3) is 0 Å². The summed E-state index contributed by atoms with van der Waals surface area (Å²) in [5.41, 5.74) is 0. The Bertz CT molecular complexity index is 192. The van der Waals surface area contributed by atoms with E-state index in [-0.39, 0.29) is 0 Å². The van der Waals surface area contributed by atoms with Gasteiger partial charge in [-0.2, -0.15) is 0 Å². The number of nitrogens with zero attached hydrogens (tertiary/aromatic N) is 2. The summed E-state index contributed by atoms with van der Waals surface area (Å²) >= 11 is 0. The molecule has 3 nitrogen and oxygen atoms in total. The van der Waals surface area contributed by atoms with E-state index in [0.717, 1.165) is 24.5 Å². The number of nitrogens with one attached hydrogen (secondary N) is 1. The van der Waals surface area contributed by atoms with Crippen LogP contribution in [0.4, 0.5) is 0 Å². The maximum Gasteiger partial charge on any atom is 0.0472 e. The van der Waals surface area contributed by atoms with Crippen LogP contribution >= 0.6 is 0 Å². The monoisotopic (exact) mass is 227 g/mol. The molecule has 0 spiro atoms. The third-order valence-corrected chi connectivity index (χ3v) is 3.84. The van der Waals surface area contributed by atoms with Gasteiger partial charge in [0.25, 0.3) is 0 Å². The highest BCUT2D eigenvalue weighted by atomic mass is 15.2. The van der Waals surface area contributed by atoms with Gasteiger partial charge in [-0.25, -0.2) is 0 Å². The predicted molar refractivity (Wildman–Crippen MR) is 70.5 cm³/mol. The number of fused-ring (bicyclic) bond motifs is 2. The minimum absolute atomic E-state index is 0.929. The lowest BCUT2D eigenvalue weighted by atomic mass is 9.95. The van der Waals surface area contributed by atoms with Crippen molar-refractivity contribution in [3.8, 4) is 0 Å². The van der Waals surface area contributed by atoms with E-state index in [9.17, 15) is 0 Å².